The van der Waals surface area contributed by atoms with Crippen LogP contribution in [-0.4, -0.2) is 125 Å². The molecule has 0 aromatic heterocycles. The lowest BCUT2D eigenvalue weighted by atomic mass is 9.74. The lowest BCUT2D eigenvalue weighted by Crippen LogP contribution is -2.45. The molecule has 4 aliphatic heterocycles. The summed E-state index contributed by atoms with van der Waals surface area (Å²) in [7, 11) is 1.73. The molecule has 4 heterocycles. The molecule has 0 unspecified atom stereocenters. The molecule has 4 aliphatic rings. The molecule has 0 radical (unpaired) electrons. The van der Waals surface area contributed by atoms with Gasteiger partial charge < -0.3 is 62.0 Å². The van der Waals surface area contributed by atoms with E-state index in [1.165, 1.54) is 63.4 Å². The molecule has 89 heavy (non-hydrogen) atoms. The highest BCUT2D eigenvalue weighted by Gasteiger charge is 2.43. The first-order valence-electron chi connectivity index (χ1n) is 31.6. The van der Waals surface area contributed by atoms with Gasteiger partial charge in [-0.05, 0) is 170 Å². The van der Waals surface area contributed by atoms with E-state index in [0.29, 0.717) is 94.8 Å². The number of benzene rings is 4. The molecule has 8 atom stereocenters. The van der Waals surface area contributed by atoms with Gasteiger partial charge in [0.2, 0.25) is 17.7 Å². The molecule has 496 valence electrons. The van der Waals surface area contributed by atoms with E-state index >= 15 is 0 Å². The van der Waals surface area contributed by atoms with E-state index in [4.69, 9.17) is 44.3 Å². The Hall–Kier alpha value is -3.93. The summed E-state index contributed by atoms with van der Waals surface area (Å²) < 4.78 is 54.6. The van der Waals surface area contributed by atoms with E-state index in [9.17, 15) is 42.9 Å². The smallest absolute Gasteiger partial charge is 0.216 e. The summed E-state index contributed by atoms with van der Waals surface area (Å²) in [5.41, 5.74) is -1.18. The number of carbonyl (C=O) groups is 3. The standard InChI is InChI=1S/3C17H24ClFN2O2.C16H24BrNO2/c1-12(22)21-10-4-8-17(23,13-5-3-9-20-11-13)14-6-2-7-15(19)16(14)18;1-12(22)21-10-4-8-17(23,13-5-3-9-20-11-13)14-6-2-7-15(18)16(14)19;1-12(22)21-7-3-5-17(23,13-4-2-6-20-11-13)14-8-15(18)10-16(19)9-14;1-19-10-5-11-20-16(13-6-4-9-18-12-13)14-7-2-3-8-15(14)17/h2*2,6-7,13,20,23H,3-5,8-11H2,1H3,(H,21,22);8-10,13,20,23H,2-7,11H2,1H3,(H,21,22);2-3,7-8,13,16,18H,4-6,9-12H2,1H3/t3*13-,17+;13-,16-/m1111/s1. The van der Waals surface area contributed by atoms with E-state index < -0.39 is 34.3 Å². The monoisotopic (exact) mass is 1370 g/mol. The molecule has 0 bridgehead atoms. The third kappa shape index (κ3) is 24.2. The van der Waals surface area contributed by atoms with Gasteiger partial charge in [-0.15, -0.1) is 0 Å². The number of carbonyl (C=O) groups excluding carboxylic acids is 3. The molecule has 0 aliphatic carbocycles. The van der Waals surface area contributed by atoms with Crippen molar-refractivity contribution >= 4 is 68.5 Å². The second kappa shape index (κ2) is 39.6. The topological polar surface area (TPSA) is 215 Å². The third-order valence-electron chi connectivity index (χ3n) is 17.2. The number of piperidine rings is 4. The van der Waals surface area contributed by atoms with Crippen molar-refractivity contribution in [3.05, 3.63) is 138 Å². The zero-order chi connectivity index (χ0) is 64.8. The highest BCUT2D eigenvalue weighted by molar-refractivity contribution is 9.10. The first-order valence-corrected chi connectivity index (χ1v) is 33.5. The predicted molar refractivity (Wildman–Crippen MR) is 351 cm³/mol. The molecule has 4 aromatic rings. The first kappa shape index (κ1) is 75.8. The number of ether oxygens (including phenoxy) is 2. The summed E-state index contributed by atoms with van der Waals surface area (Å²) in [6.45, 7) is 14.2. The second-order valence-corrected chi connectivity index (χ2v) is 25.9. The Bertz CT molecular complexity index is 2660. The molecule has 4 aromatic carbocycles. The zero-order valence-electron chi connectivity index (χ0n) is 52.2. The van der Waals surface area contributed by atoms with Crippen LogP contribution in [0.5, 0.6) is 0 Å². The molecule has 4 fully saturated rings. The van der Waals surface area contributed by atoms with Gasteiger partial charge in [0.1, 0.15) is 17.5 Å². The van der Waals surface area contributed by atoms with Crippen molar-refractivity contribution in [1.29, 1.82) is 0 Å². The van der Waals surface area contributed by atoms with Gasteiger partial charge >= 0.3 is 0 Å². The summed E-state index contributed by atoms with van der Waals surface area (Å²) in [4.78, 5) is 32.9. The van der Waals surface area contributed by atoms with E-state index in [2.05, 4.69) is 77.4 Å². The maximum Gasteiger partial charge on any atom is 0.216 e. The van der Waals surface area contributed by atoms with Gasteiger partial charge in [-0.25, -0.2) is 13.2 Å². The number of halogens is 7. The van der Waals surface area contributed by atoms with Crippen LogP contribution >= 0.6 is 50.7 Å². The van der Waals surface area contributed by atoms with Crippen LogP contribution in [0.2, 0.25) is 15.1 Å². The number of methoxy groups -OCH3 is 1. The van der Waals surface area contributed by atoms with E-state index in [-0.39, 0.29) is 62.2 Å². The van der Waals surface area contributed by atoms with Crippen molar-refractivity contribution in [2.45, 2.75) is 140 Å². The number of amides is 3. The van der Waals surface area contributed by atoms with Crippen LogP contribution in [0.1, 0.15) is 145 Å². The first-order chi connectivity index (χ1) is 42.6. The van der Waals surface area contributed by atoms with Gasteiger partial charge in [0, 0.05) is 131 Å². The fourth-order valence-corrected chi connectivity index (χ4v) is 13.8. The van der Waals surface area contributed by atoms with E-state index in [0.717, 1.165) is 95.4 Å². The average Bonchev–Trinajstić information content (AvgIpc) is 0.966. The Morgan fingerprint density at radius 3 is 1.57 bits per heavy atom. The highest BCUT2D eigenvalue weighted by atomic mass is 79.9. The Morgan fingerprint density at radius 2 is 1.09 bits per heavy atom. The lowest BCUT2D eigenvalue weighted by molar-refractivity contribution is -0.119. The Labute approximate surface area is 549 Å². The van der Waals surface area contributed by atoms with Crippen LogP contribution in [0.3, 0.4) is 0 Å². The summed E-state index contributed by atoms with van der Waals surface area (Å²) in [5.74, 6) is -1.41. The highest BCUT2D eigenvalue weighted by Crippen LogP contribution is 2.44. The van der Waals surface area contributed by atoms with E-state index in [1.54, 1.807) is 37.4 Å². The predicted octanol–water partition coefficient (Wildman–Crippen LogP) is 11.3. The van der Waals surface area contributed by atoms with Gasteiger partial charge in [-0.1, -0.05) is 93.2 Å². The Morgan fingerprint density at radius 1 is 0.607 bits per heavy atom. The molecule has 15 nitrogen and oxygen atoms in total. The SMILES string of the molecule is CC(=O)NCCC[C@@](O)(c1cc(F)cc(Cl)c1)[C@@H]1CCCNC1.CC(=O)NCCC[C@@](O)(c1cccc(Cl)c1F)[C@@H]1CCCNC1.CC(=O)NCCC[C@@](O)(c1cccc(F)c1Cl)[C@@H]1CCCNC1.COCCCO[C@@H](c1ccccc1Br)[C@@H]1CCCNC1. The van der Waals surface area contributed by atoms with Gasteiger partial charge in [-0.2, -0.15) is 0 Å². The minimum atomic E-state index is -1.29. The van der Waals surface area contributed by atoms with Crippen molar-refractivity contribution in [2.75, 3.05) is 92.3 Å². The average molecular weight is 1370 g/mol. The number of hydrogen-bond donors (Lipinski definition) is 10. The van der Waals surface area contributed by atoms with Gasteiger partial charge in [0.25, 0.3) is 0 Å². The van der Waals surface area contributed by atoms with Gasteiger partial charge in [-0.3, -0.25) is 14.4 Å². The number of aliphatic hydroxyl groups is 3. The van der Waals surface area contributed by atoms with Crippen molar-refractivity contribution < 1.29 is 52.3 Å². The molecule has 4 saturated heterocycles. The molecule has 0 saturated carbocycles. The molecule has 3 amide bonds. The van der Waals surface area contributed by atoms with Crippen molar-refractivity contribution in [3.63, 3.8) is 0 Å². The van der Waals surface area contributed by atoms with Gasteiger partial charge in [0.15, 0.2) is 0 Å². The lowest BCUT2D eigenvalue weighted by Gasteiger charge is -2.40. The molecule has 22 heteroatoms. The molecular weight excluding hydrogens is 1270 g/mol. The summed E-state index contributed by atoms with van der Waals surface area (Å²) in [6.07, 6.45) is 12.0. The number of hydrogen-bond acceptors (Lipinski definition) is 12. The van der Waals surface area contributed by atoms with Crippen molar-refractivity contribution in [1.82, 2.24) is 37.2 Å². The molecule has 0 spiro atoms. The Balaban J connectivity index is 0.000000216. The largest absolute Gasteiger partial charge is 0.385 e. The summed E-state index contributed by atoms with van der Waals surface area (Å²) >= 11 is 21.7. The molecule has 10 N–H and O–H groups in total. The van der Waals surface area contributed by atoms with Crippen LogP contribution in [0.15, 0.2) is 83.3 Å². The van der Waals surface area contributed by atoms with Crippen LogP contribution < -0.4 is 37.2 Å². The number of rotatable bonds is 25. The maximum atomic E-state index is 14.5. The van der Waals surface area contributed by atoms with Crippen molar-refractivity contribution in [3.8, 4) is 0 Å². The normalized spacial score (nSPS) is 20.8. The maximum absolute atomic E-state index is 14.5. The molecular formula is C67H96BrCl3F3N7O8. The second-order valence-electron chi connectivity index (χ2n) is 23.8. The fraction of sp³-hybridized carbons (Fsp3) is 0.597. The fourth-order valence-electron chi connectivity index (χ4n) is 12.6. The Kier molecular flexibility index (Phi) is 33.7. The summed E-state index contributed by atoms with van der Waals surface area (Å²) in [5, 5.41) is 55.8. The minimum Gasteiger partial charge on any atom is -0.385 e. The van der Waals surface area contributed by atoms with Crippen LogP contribution in [0.4, 0.5) is 13.2 Å². The van der Waals surface area contributed by atoms with Crippen LogP contribution in [0, 0.1) is 41.1 Å². The van der Waals surface area contributed by atoms with Gasteiger partial charge in [0.05, 0.1) is 33.0 Å². The summed E-state index contributed by atoms with van der Waals surface area (Å²) in [6, 6.07) is 21.9. The van der Waals surface area contributed by atoms with Crippen molar-refractivity contribution in [2.24, 2.45) is 23.7 Å². The molecule has 8 rings (SSSR count). The van der Waals surface area contributed by atoms with Crippen LogP contribution in [-0.2, 0) is 40.7 Å². The zero-order valence-corrected chi connectivity index (χ0v) is 56.1. The van der Waals surface area contributed by atoms with Crippen LogP contribution in [0.25, 0.3) is 0 Å². The quantitative estimate of drug-likeness (QED) is 0.0281. The van der Waals surface area contributed by atoms with E-state index in [1.807, 2.05) is 0 Å². The number of nitrogens with one attached hydrogen (secondary N) is 7. The minimum absolute atomic E-state index is 0.00792. The third-order valence-corrected chi connectivity index (χ3v) is 18.8.